The zero-order chi connectivity index (χ0) is 43.9. The third kappa shape index (κ3) is 6.16. The predicted octanol–water partition coefficient (Wildman–Crippen LogP) is 17.6. The maximum absolute atomic E-state index is 6.61. The molecule has 8 aromatic carbocycles. The van der Waals surface area contributed by atoms with Gasteiger partial charge in [0.2, 0.25) is 0 Å². The highest BCUT2D eigenvalue weighted by molar-refractivity contribution is 7.26. The average molecular weight is 867 g/mol. The molecule has 4 heteroatoms. The molecule has 2 aliphatic carbocycles. The molecule has 0 bridgehead atoms. The van der Waals surface area contributed by atoms with Crippen molar-refractivity contribution in [3.05, 3.63) is 229 Å². The van der Waals surface area contributed by atoms with Crippen molar-refractivity contribution < 1.29 is 4.42 Å². The first-order valence-electron chi connectivity index (χ1n) is 23.1. The van der Waals surface area contributed by atoms with Crippen LogP contribution in [0.2, 0.25) is 0 Å². The monoisotopic (exact) mass is 866 g/mol. The van der Waals surface area contributed by atoms with Gasteiger partial charge in [-0.2, -0.15) is 0 Å². The third-order valence-electron chi connectivity index (χ3n) is 14.2. The predicted molar refractivity (Wildman–Crippen MR) is 281 cm³/mol. The molecule has 2 aromatic heterocycles. The van der Waals surface area contributed by atoms with Crippen molar-refractivity contribution in [2.75, 3.05) is 9.80 Å². The molecule has 1 aliphatic heterocycles. The summed E-state index contributed by atoms with van der Waals surface area (Å²) in [5, 5.41) is 3.82. The number of allylic oxidation sites excluding steroid dienone is 3. The van der Waals surface area contributed by atoms with Gasteiger partial charge in [0.15, 0.2) is 0 Å². The van der Waals surface area contributed by atoms with Gasteiger partial charge in [-0.3, -0.25) is 0 Å². The van der Waals surface area contributed by atoms with E-state index in [4.69, 9.17) is 4.42 Å². The minimum Gasteiger partial charge on any atom is -0.460 e. The Bertz CT molecular complexity index is 3610. The van der Waals surface area contributed by atoms with Gasteiger partial charge in [-0.25, -0.2) is 0 Å². The summed E-state index contributed by atoms with van der Waals surface area (Å²) in [6, 6.07) is 69.0. The molecule has 3 nitrogen and oxygen atoms in total. The highest BCUT2D eigenvalue weighted by Crippen LogP contribution is 2.55. The van der Waals surface area contributed by atoms with Crippen LogP contribution >= 0.6 is 11.3 Å². The number of anilines is 5. The number of para-hydroxylation sites is 3. The number of nitrogens with zero attached hydrogens (tertiary/aromatic N) is 2. The van der Waals surface area contributed by atoms with Gasteiger partial charge in [0.05, 0.1) is 5.54 Å². The molecular weight excluding hydrogens is 821 g/mol. The lowest BCUT2D eigenvalue weighted by molar-refractivity contribution is 0.514. The van der Waals surface area contributed by atoms with Crippen LogP contribution in [0.4, 0.5) is 28.4 Å². The van der Waals surface area contributed by atoms with Crippen LogP contribution in [0.15, 0.2) is 211 Å². The van der Waals surface area contributed by atoms with Gasteiger partial charge in [-0.1, -0.05) is 153 Å². The van der Waals surface area contributed by atoms with E-state index in [9.17, 15) is 0 Å². The highest BCUT2D eigenvalue weighted by atomic mass is 32.1. The lowest BCUT2D eigenvalue weighted by Crippen LogP contribution is -2.40. The Morgan fingerprint density at radius 1 is 0.591 bits per heavy atom. The molecule has 3 aliphatic rings. The van der Waals surface area contributed by atoms with E-state index in [0.717, 1.165) is 52.4 Å². The summed E-state index contributed by atoms with van der Waals surface area (Å²) in [4.78, 5) is 4.91. The van der Waals surface area contributed by atoms with E-state index in [-0.39, 0.29) is 5.54 Å². The summed E-state index contributed by atoms with van der Waals surface area (Å²) in [5.74, 6) is 1.56. The topological polar surface area (TPSA) is 19.6 Å². The second-order valence-electron chi connectivity index (χ2n) is 18.3. The van der Waals surface area contributed by atoms with E-state index in [1.807, 2.05) is 11.3 Å². The largest absolute Gasteiger partial charge is 0.460 e. The van der Waals surface area contributed by atoms with E-state index in [2.05, 4.69) is 236 Å². The standard InChI is InChI=1S/C62H46N2OS/c1-40-22-35-51-53-18-10-16-49(60(53)65-58(51)38-40)42-25-31-46(32-26-42)63(47-33-27-43(28-34-47)50-17-11-19-54-52-14-7-9-21-59(52)66-61(50)54)45-29-23-41(24-30-45)44-36-37-62(2)56(39-44)55-15-6-8-20-57(55)64(62)48-12-4-3-5-13-48/h3-36,39-40H,37-38H2,1-2H3. The molecule has 316 valence electrons. The van der Waals surface area contributed by atoms with Crippen LogP contribution in [0.5, 0.6) is 0 Å². The molecule has 66 heavy (non-hydrogen) atoms. The number of fused-ring (bicyclic) bond motifs is 9. The third-order valence-corrected chi connectivity index (χ3v) is 15.4. The molecule has 0 N–H and O–H groups in total. The van der Waals surface area contributed by atoms with E-state index in [1.165, 1.54) is 75.9 Å². The van der Waals surface area contributed by atoms with Gasteiger partial charge in [-0.15, -0.1) is 11.3 Å². The SMILES string of the molecule is CC1C=Cc2c(oc3c(-c4ccc(N(c5ccc(C6=CCC7(C)C(=C6)c6ccccc6N7c6ccccc6)cc5)c5ccc(-c6cccc7c6sc6ccccc67)cc5)cc4)cccc23)C1. The van der Waals surface area contributed by atoms with Gasteiger partial charge in [0.1, 0.15) is 11.3 Å². The first kappa shape index (κ1) is 38.8. The lowest BCUT2D eigenvalue weighted by Gasteiger charge is -2.39. The Kier molecular flexibility index (Phi) is 8.94. The number of benzene rings is 8. The summed E-state index contributed by atoms with van der Waals surface area (Å²) < 4.78 is 9.26. The summed E-state index contributed by atoms with van der Waals surface area (Å²) in [7, 11) is 0. The van der Waals surface area contributed by atoms with Gasteiger partial charge in [0, 0.05) is 77.1 Å². The van der Waals surface area contributed by atoms with Gasteiger partial charge >= 0.3 is 0 Å². The number of rotatable bonds is 7. The van der Waals surface area contributed by atoms with Crippen LogP contribution in [0.1, 0.15) is 42.7 Å². The smallest absolute Gasteiger partial charge is 0.142 e. The van der Waals surface area contributed by atoms with Gasteiger partial charge in [0.25, 0.3) is 0 Å². The van der Waals surface area contributed by atoms with Gasteiger partial charge in [-0.05, 0) is 119 Å². The fraction of sp³-hybridized carbons (Fsp3) is 0.0968. The molecule has 10 aromatic rings. The molecule has 3 heterocycles. The number of thiophene rings is 1. The fourth-order valence-electron chi connectivity index (χ4n) is 10.9. The second-order valence-corrected chi connectivity index (χ2v) is 19.4. The first-order valence-corrected chi connectivity index (χ1v) is 23.9. The molecular formula is C62H46N2OS. The average Bonchev–Trinajstić information content (AvgIpc) is 4.02. The van der Waals surface area contributed by atoms with Crippen molar-refractivity contribution in [1.29, 1.82) is 0 Å². The molecule has 2 unspecified atom stereocenters. The Labute approximate surface area is 389 Å². The Hall–Kier alpha value is -7.66. The first-order chi connectivity index (χ1) is 32.5. The zero-order valence-corrected chi connectivity index (χ0v) is 37.7. The van der Waals surface area contributed by atoms with Crippen LogP contribution < -0.4 is 9.80 Å². The molecule has 0 amide bonds. The number of hydrogen-bond acceptors (Lipinski definition) is 4. The van der Waals surface area contributed by atoms with Crippen molar-refractivity contribution in [2.24, 2.45) is 5.92 Å². The lowest BCUT2D eigenvalue weighted by atomic mass is 9.80. The van der Waals surface area contributed by atoms with E-state index >= 15 is 0 Å². The van der Waals surface area contributed by atoms with Crippen molar-refractivity contribution in [3.8, 4) is 22.3 Å². The molecule has 13 rings (SSSR count). The molecule has 0 radical (unpaired) electrons. The molecule has 0 spiro atoms. The maximum Gasteiger partial charge on any atom is 0.142 e. The Morgan fingerprint density at radius 2 is 1.20 bits per heavy atom. The maximum atomic E-state index is 6.61. The van der Waals surface area contributed by atoms with Crippen molar-refractivity contribution in [2.45, 2.75) is 32.2 Å². The molecule has 0 saturated carbocycles. The van der Waals surface area contributed by atoms with Crippen LogP contribution in [0, 0.1) is 5.92 Å². The summed E-state index contributed by atoms with van der Waals surface area (Å²) in [6.07, 6.45) is 11.2. The van der Waals surface area contributed by atoms with Crippen LogP contribution in [0.3, 0.4) is 0 Å². The highest BCUT2D eigenvalue weighted by Gasteiger charge is 2.45. The van der Waals surface area contributed by atoms with E-state index < -0.39 is 0 Å². The Morgan fingerprint density at radius 3 is 1.95 bits per heavy atom. The van der Waals surface area contributed by atoms with Crippen LogP contribution in [0.25, 0.3) is 70.6 Å². The van der Waals surface area contributed by atoms with Gasteiger partial charge < -0.3 is 14.2 Å². The van der Waals surface area contributed by atoms with Crippen molar-refractivity contribution >= 4 is 88.1 Å². The summed E-state index contributed by atoms with van der Waals surface area (Å²) in [6.45, 7) is 4.64. The quantitative estimate of drug-likeness (QED) is 0.159. The second kappa shape index (κ2) is 15.2. The fourth-order valence-corrected chi connectivity index (χ4v) is 12.1. The van der Waals surface area contributed by atoms with E-state index in [1.54, 1.807) is 0 Å². The van der Waals surface area contributed by atoms with Crippen LogP contribution in [-0.2, 0) is 6.42 Å². The summed E-state index contributed by atoms with van der Waals surface area (Å²) in [5.41, 5.74) is 17.7. The summed E-state index contributed by atoms with van der Waals surface area (Å²) >= 11 is 1.88. The normalized spacial score (nSPS) is 17.4. The van der Waals surface area contributed by atoms with E-state index in [0.29, 0.717) is 5.92 Å². The molecule has 2 atom stereocenters. The number of furan rings is 1. The number of hydrogen-bond donors (Lipinski definition) is 0. The zero-order valence-electron chi connectivity index (χ0n) is 36.9. The Balaban J connectivity index is 0.874. The molecule has 0 fully saturated rings. The van der Waals surface area contributed by atoms with Crippen molar-refractivity contribution in [3.63, 3.8) is 0 Å². The van der Waals surface area contributed by atoms with Crippen LogP contribution in [-0.4, -0.2) is 5.54 Å². The van der Waals surface area contributed by atoms with Crippen molar-refractivity contribution in [1.82, 2.24) is 0 Å². The minimum absolute atomic E-state index is 0.177. The minimum atomic E-state index is -0.177. The molecule has 0 saturated heterocycles.